The van der Waals surface area contributed by atoms with E-state index < -0.39 is 30.2 Å². The number of amides is 2. The van der Waals surface area contributed by atoms with Crippen molar-refractivity contribution in [2.75, 3.05) is 18.5 Å². The summed E-state index contributed by atoms with van der Waals surface area (Å²) in [5.41, 5.74) is -0.632. The van der Waals surface area contributed by atoms with Crippen LogP contribution in [-0.2, 0) is 14.3 Å². The van der Waals surface area contributed by atoms with Gasteiger partial charge >= 0.3 is 5.69 Å². The molecular weight excluding hydrogens is 536 g/mol. The monoisotopic (exact) mass is 588 g/mol. The molecule has 2 amide bonds. The second-order valence-electron chi connectivity index (χ2n) is 11.7. The molecule has 0 saturated carbocycles. The molecule has 0 spiro atoms. The molecule has 4 unspecified atom stereocenters. The van der Waals surface area contributed by atoms with Crippen molar-refractivity contribution in [1.29, 1.82) is 0 Å². The van der Waals surface area contributed by atoms with Gasteiger partial charge in [-0.15, -0.1) is 0 Å². The van der Waals surface area contributed by atoms with E-state index in [1.165, 1.54) is 74.6 Å². The molecule has 0 radical (unpaired) electrons. The average molecular weight is 589 g/mol. The minimum Gasteiger partial charge on any atom is -0.394 e. The maximum absolute atomic E-state index is 13.0. The number of anilines is 1. The van der Waals surface area contributed by atoms with Crippen LogP contribution in [0.3, 0.4) is 0 Å². The van der Waals surface area contributed by atoms with Crippen LogP contribution in [0.4, 0.5) is 5.82 Å². The van der Waals surface area contributed by atoms with Gasteiger partial charge in [-0.2, -0.15) is 4.98 Å². The molecule has 2 fully saturated rings. The summed E-state index contributed by atoms with van der Waals surface area (Å²) in [7, 11) is 0. The van der Waals surface area contributed by atoms with Gasteiger partial charge in [0.05, 0.1) is 12.7 Å². The predicted molar refractivity (Wildman–Crippen MR) is 163 cm³/mol. The molecule has 2 aliphatic heterocycles. The van der Waals surface area contributed by atoms with E-state index in [0.29, 0.717) is 19.4 Å². The number of ether oxygens (including phenoxy) is 1. The zero-order valence-electron chi connectivity index (χ0n) is 25.4. The summed E-state index contributed by atoms with van der Waals surface area (Å²) in [4.78, 5) is 44.0. The third kappa shape index (κ3) is 10.9. The molecule has 236 valence electrons. The smallest absolute Gasteiger partial charge is 0.351 e. The fourth-order valence-electron chi connectivity index (χ4n) is 5.79. The first-order chi connectivity index (χ1) is 20.4. The Bertz CT molecular complexity index is 1040. The van der Waals surface area contributed by atoms with E-state index in [4.69, 9.17) is 4.74 Å². The average Bonchev–Trinajstić information content (AvgIpc) is 3.62. The van der Waals surface area contributed by atoms with E-state index in [2.05, 4.69) is 29.4 Å². The van der Waals surface area contributed by atoms with Crippen molar-refractivity contribution < 1.29 is 24.5 Å². The van der Waals surface area contributed by atoms with Crippen LogP contribution in [0.25, 0.3) is 0 Å². The molecule has 4 atom stereocenters. The number of likely N-dealkylation sites (tertiary alicyclic amines) is 1. The summed E-state index contributed by atoms with van der Waals surface area (Å²) >= 11 is 0. The summed E-state index contributed by atoms with van der Waals surface area (Å²) in [6.07, 6.45) is 21.4. The van der Waals surface area contributed by atoms with Gasteiger partial charge in [-0.25, -0.2) is 4.79 Å². The summed E-state index contributed by atoms with van der Waals surface area (Å²) < 4.78 is 6.74. The summed E-state index contributed by atoms with van der Waals surface area (Å²) in [5, 5.41) is 21.9. The standard InChI is InChI=1S/C32H52N4O6/c1-2-3-4-5-6-7-8-9-10-11-12-13-14-15-16-19-29(39)35-21-17-18-25(35)31(40)33-28-20-22-36(32(41)34-28)30-23-26(38)27(24-37)42-30/h9-10,20,22,25-27,30,37-38H,2-8,11-19,21,23-24H2,1H3,(H,33,34,40,41)/b10-9+. The van der Waals surface area contributed by atoms with Crippen LogP contribution < -0.4 is 11.0 Å². The van der Waals surface area contributed by atoms with Gasteiger partial charge in [-0.1, -0.05) is 70.4 Å². The first kappa shape index (κ1) is 33.9. The largest absolute Gasteiger partial charge is 0.394 e. The summed E-state index contributed by atoms with van der Waals surface area (Å²) in [6, 6.07) is 0.928. The number of carbonyl (C=O) groups excluding carboxylic acids is 2. The van der Waals surface area contributed by atoms with E-state index in [1.54, 1.807) is 4.90 Å². The lowest BCUT2D eigenvalue weighted by Crippen LogP contribution is -2.43. The Balaban J connectivity index is 1.30. The molecule has 2 aliphatic rings. The van der Waals surface area contributed by atoms with E-state index >= 15 is 0 Å². The van der Waals surface area contributed by atoms with Gasteiger partial charge in [-0.05, 0) is 51.0 Å². The lowest BCUT2D eigenvalue weighted by Gasteiger charge is -2.24. The van der Waals surface area contributed by atoms with Gasteiger partial charge in [0.15, 0.2) is 0 Å². The van der Waals surface area contributed by atoms with Crippen LogP contribution in [0.2, 0.25) is 0 Å². The Morgan fingerprint density at radius 1 is 1.05 bits per heavy atom. The highest BCUT2D eigenvalue weighted by atomic mass is 16.5. The van der Waals surface area contributed by atoms with Crippen molar-refractivity contribution in [2.45, 2.75) is 141 Å². The van der Waals surface area contributed by atoms with Gasteiger partial charge < -0.3 is 25.2 Å². The first-order valence-corrected chi connectivity index (χ1v) is 16.2. The van der Waals surface area contributed by atoms with E-state index in [1.807, 2.05) is 0 Å². The zero-order chi connectivity index (χ0) is 30.2. The molecule has 3 heterocycles. The van der Waals surface area contributed by atoms with E-state index in [0.717, 1.165) is 32.1 Å². The first-order valence-electron chi connectivity index (χ1n) is 16.2. The van der Waals surface area contributed by atoms with Crippen molar-refractivity contribution in [3.8, 4) is 0 Å². The normalized spacial score (nSPS) is 22.3. The van der Waals surface area contributed by atoms with E-state index in [9.17, 15) is 24.6 Å². The number of aromatic nitrogens is 2. The molecule has 10 heteroatoms. The van der Waals surface area contributed by atoms with Gasteiger partial charge in [0.25, 0.3) is 0 Å². The number of nitrogens with zero attached hydrogens (tertiary/aromatic N) is 3. The Morgan fingerprint density at radius 3 is 2.36 bits per heavy atom. The van der Waals surface area contributed by atoms with Gasteiger partial charge in [0.2, 0.25) is 11.8 Å². The molecule has 1 aromatic rings. The predicted octanol–water partition coefficient (Wildman–Crippen LogP) is 4.85. The maximum atomic E-state index is 13.0. The molecule has 0 aliphatic carbocycles. The van der Waals surface area contributed by atoms with Crippen LogP contribution in [0, 0.1) is 0 Å². The highest BCUT2D eigenvalue weighted by molar-refractivity contribution is 5.96. The van der Waals surface area contributed by atoms with Crippen LogP contribution in [-0.4, -0.2) is 67.9 Å². The Hall–Kier alpha value is -2.56. The van der Waals surface area contributed by atoms with Crippen molar-refractivity contribution in [3.63, 3.8) is 0 Å². The fourth-order valence-corrected chi connectivity index (χ4v) is 5.79. The van der Waals surface area contributed by atoms with Crippen molar-refractivity contribution in [3.05, 3.63) is 34.9 Å². The maximum Gasteiger partial charge on any atom is 0.351 e. The molecule has 10 nitrogen and oxygen atoms in total. The topological polar surface area (TPSA) is 134 Å². The second kappa shape index (κ2) is 18.9. The van der Waals surface area contributed by atoms with Crippen molar-refractivity contribution >= 4 is 17.6 Å². The van der Waals surface area contributed by atoms with Crippen molar-refractivity contribution in [1.82, 2.24) is 14.5 Å². The Kier molecular flexibility index (Phi) is 15.2. The number of allylic oxidation sites excluding steroid dienone is 2. The molecule has 0 bridgehead atoms. The third-order valence-corrected chi connectivity index (χ3v) is 8.30. The Morgan fingerprint density at radius 2 is 1.71 bits per heavy atom. The van der Waals surface area contributed by atoms with Crippen LogP contribution in [0.5, 0.6) is 0 Å². The highest BCUT2D eigenvalue weighted by Gasteiger charge is 2.36. The summed E-state index contributed by atoms with van der Waals surface area (Å²) in [6.45, 7) is 2.46. The third-order valence-electron chi connectivity index (χ3n) is 8.30. The molecular formula is C32H52N4O6. The van der Waals surface area contributed by atoms with Gasteiger partial charge in [-0.3, -0.25) is 14.2 Å². The second-order valence-corrected chi connectivity index (χ2v) is 11.7. The summed E-state index contributed by atoms with van der Waals surface area (Å²) in [5.74, 6) is -0.234. The lowest BCUT2D eigenvalue weighted by atomic mass is 10.1. The van der Waals surface area contributed by atoms with Gasteiger partial charge in [0, 0.05) is 25.6 Å². The van der Waals surface area contributed by atoms with Gasteiger partial charge in [0.1, 0.15) is 24.2 Å². The Labute approximate surface area is 250 Å². The molecule has 42 heavy (non-hydrogen) atoms. The quantitative estimate of drug-likeness (QED) is 0.155. The van der Waals surface area contributed by atoms with Crippen molar-refractivity contribution in [2.24, 2.45) is 0 Å². The van der Waals surface area contributed by atoms with Crippen LogP contribution in [0.15, 0.2) is 29.2 Å². The zero-order valence-corrected chi connectivity index (χ0v) is 25.4. The fraction of sp³-hybridized carbons (Fsp3) is 0.750. The number of nitrogens with one attached hydrogen (secondary N) is 1. The minimum absolute atomic E-state index is 0.00373. The minimum atomic E-state index is -0.871. The molecule has 1 aromatic heterocycles. The number of unbranched alkanes of at least 4 members (excludes halogenated alkanes) is 11. The number of rotatable bonds is 19. The van der Waals surface area contributed by atoms with Crippen LogP contribution in [0.1, 0.15) is 122 Å². The number of hydrogen-bond acceptors (Lipinski definition) is 7. The van der Waals surface area contributed by atoms with Crippen LogP contribution >= 0.6 is 0 Å². The highest BCUT2D eigenvalue weighted by Crippen LogP contribution is 2.27. The van der Waals surface area contributed by atoms with E-state index in [-0.39, 0.29) is 30.7 Å². The number of aliphatic hydroxyl groups is 2. The number of carbonyl (C=O) groups is 2. The number of aliphatic hydroxyl groups excluding tert-OH is 2. The molecule has 3 rings (SSSR count). The number of hydrogen-bond donors (Lipinski definition) is 3. The molecule has 0 aromatic carbocycles. The molecule has 3 N–H and O–H groups in total. The SMILES string of the molecule is CCCCCCCC/C=C/CCCCCCCC(=O)N1CCCC1C(=O)Nc1ccn(C2CC(O)C(CO)O2)c(=O)n1. The molecule has 2 saturated heterocycles. The lowest BCUT2D eigenvalue weighted by molar-refractivity contribution is -0.136.